The third kappa shape index (κ3) is 3.28. The fourth-order valence-corrected chi connectivity index (χ4v) is 3.23. The van der Waals surface area contributed by atoms with Crippen molar-refractivity contribution in [2.45, 2.75) is 36.6 Å². The molecule has 4 N–H and O–H groups in total. The minimum atomic E-state index is -3.88. The second kappa shape index (κ2) is 6.07. The van der Waals surface area contributed by atoms with Crippen molar-refractivity contribution in [2.24, 2.45) is 10.9 Å². The Kier molecular flexibility index (Phi) is 4.62. The summed E-state index contributed by atoms with van der Waals surface area (Å²) in [5.41, 5.74) is 6.03. The van der Waals surface area contributed by atoms with Gasteiger partial charge in [-0.3, -0.25) is 0 Å². The van der Waals surface area contributed by atoms with Gasteiger partial charge in [0.1, 0.15) is 5.82 Å². The van der Waals surface area contributed by atoms with Crippen molar-refractivity contribution in [3.63, 3.8) is 0 Å². The van der Waals surface area contributed by atoms with Crippen molar-refractivity contribution in [1.82, 2.24) is 0 Å². The maximum Gasteiger partial charge on any atom is 0.238 e. The van der Waals surface area contributed by atoms with Crippen molar-refractivity contribution in [3.05, 3.63) is 24.0 Å². The van der Waals surface area contributed by atoms with Crippen LogP contribution < -0.4 is 15.8 Å². The number of primary sulfonamides is 1. The highest BCUT2D eigenvalue weighted by Crippen LogP contribution is 2.29. The minimum Gasteiger partial charge on any atom is -0.366 e. The lowest BCUT2D eigenvalue weighted by atomic mass is 9.98. The van der Waals surface area contributed by atoms with E-state index < -0.39 is 15.8 Å². The van der Waals surface area contributed by atoms with E-state index in [0.29, 0.717) is 12.2 Å². The Morgan fingerprint density at radius 1 is 1.35 bits per heavy atom. The second-order valence-electron chi connectivity index (χ2n) is 5.08. The van der Waals surface area contributed by atoms with E-state index in [4.69, 9.17) is 10.9 Å². The Hall–Kier alpha value is -1.18. The summed E-state index contributed by atoms with van der Waals surface area (Å²) in [5.74, 6) is -0.555. The smallest absolute Gasteiger partial charge is 0.238 e. The van der Waals surface area contributed by atoms with Crippen LogP contribution in [0.4, 0.5) is 10.1 Å². The predicted molar refractivity (Wildman–Crippen MR) is 76.4 cm³/mol. The first-order valence-corrected chi connectivity index (χ1v) is 8.27. The Labute approximate surface area is 118 Å². The molecule has 0 amide bonds. The maximum atomic E-state index is 14.2. The van der Waals surface area contributed by atoms with Gasteiger partial charge in [0.2, 0.25) is 10.0 Å². The Morgan fingerprint density at radius 3 is 2.70 bits per heavy atom. The molecule has 5 nitrogen and oxygen atoms in total. The summed E-state index contributed by atoms with van der Waals surface area (Å²) in [6.45, 7) is 1.31. The molecule has 0 radical (unpaired) electrons. The molecule has 1 aliphatic rings. The lowest BCUT2D eigenvalue weighted by Gasteiger charge is -2.37. The molecule has 0 saturated carbocycles. The molecule has 1 aliphatic heterocycles. The first-order chi connectivity index (χ1) is 9.43. The van der Waals surface area contributed by atoms with E-state index in [2.05, 4.69) is 0 Å². The number of nitrogens with two attached hydrogens (primary N) is 2. The summed E-state index contributed by atoms with van der Waals surface area (Å²) >= 11 is 0. The number of hydrogen-bond acceptors (Lipinski definition) is 4. The lowest BCUT2D eigenvalue weighted by molar-refractivity contribution is 0.435. The summed E-state index contributed by atoms with van der Waals surface area (Å²) < 4.78 is 36.6. The molecule has 1 aromatic carbocycles. The van der Waals surface area contributed by atoms with E-state index in [9.17, 15) is 12.8 Å². The summed E-state index contributed by atoms with van der Waals surface area (Å²) in [6, 6.07) is 4.04. The van der Waals surface area contributed by atoms with E-state index >= 15 is 0 Å². The van der Waals surface area contributed by atoms with Gasteiger partial charge in [-0.1, -0.05) is 0 Å². The van der Waals surface area contributed by atoms with Crippen LogP contribution >= 0.6 is 0 Å². The number of anilines is 1. The topological polar surface area (TPSA) is 89.4 Å². The number of sulfonamides is 1. The number of rotatable bonds is 4. The molecule has 1 saturated heterocycles. The van der Waals surface area contributed by atoms with E-state index in [-0.39, 0.29) is 10.9 Å². The standard InChI is InChI=1S/C13H20FN3O2S/c14-12-9-11(20(16,18)19)4-5-13(12)17-8-2-1-3-10(17)6-7-15/h4-5,9-10H,1-3,6-8,15H2,(H2,16,18,19). The fraction of sp³-hybridized carbons (Fsp3) is 0.538. The molecule has 1 unspecified atom stereocenters. The number of hydrogen-bond donors (Lipinski definition) is 2. The highest BCUT2D eigenvalue weighted by molar-refractivity contribution is 7.89. The molecule has 1 aromatic rings. The zero-order valence-corrected chi connectivity index (χ0v) is 12.1. The highest BCUT2D eigenvalue weighted by atomic mass is 32.2. The largest absolute Gasteiger partial charge is 0.366 e. The SMILES string of the molecule is NCCC1CCCCN1c1ccc(S(N)(=O)=O)cc1F. The molecular weight excluding hydrogens is 281 g/mol. The number of halogens is 1. The number of piperidine rings is 1. The molecule has 1 atom stereocenters. The number of nitrogens with zero attached hydrogens (tertiary/aromatic N) is 1. The van der Waals surface area contributed by atoms with Gasteiger partial charge >= 0.3 is 0 Å². The molecule has 0 aliphatic carbocycles. The van der Waals surface area contributed by atoms with Gasteiger partial charge in [-0.05, 0) is 50.4 Å². The van der Waals surface area contributed by atoms with Gasteiger partial charge in [-0.25, -0.2) is 17.9 Å². The quantitative estimate of drug-likeness (QED) is 0.874. The van der Waals surface area contributed by atoms with Crippen LogP contribution in [0.3, 0.4) is 0 Å². The first-order valence-electron chi connectivity index (χ1n) is 6.72. The summed E-state index contributed by atoms with van der Waals surface area (Å²) in [7, 11) is -3.88. The molecule has 0 bridgehead atoms. The van der Waals surface area contributed by atoms with Gasteiger partial charge in [0, 0.05) is 12.6 Å². The van der Waals surface area contributed by atoms with Crippen LogP contribution in [0.5, 0.6) is 0 Å². The first kappa shape index (κ1) is 15.2. The highest BCUT2D eigenvalue weighted by Gasteiger charge is 2.24. The predicted octanol–water partition coefficient (Wildman–Crippen LogP) is 1.18. The Balaban J connectivity index is 2.31. The monoisotopic (exact) mass is 301 g/mol. The molecule has 0 aromatic heterocycles. The maximum absolute atomic E-state index is 14.2. The zero-order valence-electron chi connectivity index (χ0n) is 11.3. The van der Waals surface area contributed by atoms with Crippen LogP contribution in [0.2, 0.25) is 0 Å². The molecule has 7 heteroatoms. The van der Waals surface area contributed by atoms with Gasteiger partial charge in [-0.15, -0.1) is 0 Å². The van der Waals surface area contributed by atoms with E-state index in [1.54, 1.807) is 0 Å². The van der Waals surface area contributed by atoms with Gasteiger partial charge in [-0.2, -0.15) is 0 Å². The zero-order chi connectivity index (χ0) is 14.8. The molecule has 2 rings (SSSR count). The van der Waals surface area contributed by atoms with Gasteiger partial charge in [0.25, 0.3) is 0 Å². The van der Waals surface area contributed by atoms with Crippen LogP contribution in [-0.2, 0) is 10.0 Å². The summed E-state index contributed by atoms with van der Waals surface area (Å²) in [6.07, 6.45) is 3.89. The lowest BCUT2D eigenvalue weighted by Crippen LogP contribution is -2.41. The molecular formula is C13H20FN3O2S. The number of benzene rings is 1. The molecule has 0 spiro atoms. The average molecular weight is 301 g/mol. The van der Waals surface area contributed by atoms with Crippen LogP contribution in [0.1, 0.15) is 25.7 Å². The van der Waals surface area contributed by atoms with Gasteiger partial charge in [0.05, 0.1) is 10.6 Å². The second-order valence-corrected chi connectivity index (χ2v) is 6.64. The molecule has 1 fully saturated rings. The van der Waals surface area contributed by atoms with Crippen molar-refractivity contribution in [2.75, 3.05) is 18.0 Å². The van der Waals surface area contributed by atoms with Crippen LogP contribution in [-0.4, -0.2) is 27.5 Å². The van der Waals surface area contributed by atoms with E-state index in [1.807, 2.05) is 4.90 Å². The van der Waals surface area contributed by atoms with Crippen LogP contribution in [0.15, 0.2) is 23.1 Å². The van der Waals surface area contributed by atoms with Crippen molar-refractivity contribution in [3.8, 4) is 0 Å². The normalized spacial score (nSPS) is 20.1. The van der Waals surface area contributed by atoms with Crippen molar-refractivity contribution >= 4 is 15.7 Å². The van der Waals surface area contributed by atoms with E-state index in [0.717, 1.165) is 38.3 Å². The molecule has 1 heterocycles. The van der Waals surface area contributed by atoms with Crippen molar-refractivity contribution in [1.29, 1.82) is 0 Å². The van der Waals surface area contributed by atoms with Gasteiger partial charge < -0.3 is 10.6 Å². The van der Waals surface area contributed by atoms with E-state index in [1.165, 1.54) is 12.1 Å². The van der Waals surface area contributed by atoms with Crippen molar-refractivity contribution < 1.29 is 12.8 Å². The summed E-state index contributed by atoms with van der Waals surface area (Å²) in [4.78, 5) is 1.78. The van der Waals surface area contributed by atoms with Crippen LogP contribution in [0, 0.1) is 5.82 Å². The third-order valence-electron chi connectivity index (χ3n) is 3.68. The Bertz CT molecular complexity index is 575. The third-order valence-corrected chi connectivity index (χ3v) is 4.60. The average Bonchev–Trinajstić information content (AvgIpc) is 2.39. The Morgan fingerprint density at radius 2 is 2.10 bits per heavy atom. The van der Waals surface area contributed by atoms with Gasteiger partial charge in [0.15, 0.2) is 0 Å². The minimum absolute atomic E-state index is 0.203. The molecule has 112 valence electrons. The van der Waals surface area contributed by atoms with Crippen LogP contribution in [0.25, 0.3) is 0 Å². The fourth-order valence-electron chi connectivity index (χ4n) is 2.71. The molecule has 20 heavy (non-hydrogen) atoms. The summed E-state index contributed by atoms with van der Waals surface area (Å²) in [5, 5.41) is 5.00.